The molecule has 9 aromatic rings. The number of carbonyl (C=O) groups is 1. The number of rotatable bonds is 4. The number of carbonyl (C=O) groups excluding carboxylic acids is 1. The highest BCUT2D eigenvalue weighted by atomic mass is 16.5. The minimum Gasteiger partial charge on any atom is -0.465 e. The van der Waals surface area contributed by atoms with E-state index in [4.69, 9.17) is 24.7 Å². The fourth-order valence-corrected chi connectivity index (χ4v) is 11.1. The third-order valence-corrected chi connectivity index (χ3v) is 14.7. The maximum Gasteiger partial charge on any atom is 0.337 e. The second-order valence-corrected chi connectivity index (χ2v) is 20.9. The molecule has 6 aromatic heterocycles. The molecular weight excluding hydrogens is 949 g/mol. The smallest absolute Gasteiger partial charge is 0.337 e. The van der Waals surface area contributed by atoms with Crippen LogP contribution in [0.1, 0.15) is 97.6 Å². The van der Waals surface area contributed by atoms with Gasteiger partial charge in [-0.2, -0.15) is 0 Å². The normalized spacial score (nSPS) is 13.2. The number of nitrogens with one attached hydrogen (secondary N) is 4. The van der Waals surface area contributed by atoms with Gasteiger partial charge in [-0.15, -0.1) is 0 Å². The van der Waals surface area contributed by atoms with Gasteiger partial charge in [0.15, 0.2) is 0 Å². The molecule has 0 fully saturated rings. The lowest BCUT2D eigenvalue weighted by atomic mass is 9.87. The molecule has 10 heteroatoms. The van der Waals surface area contributed by atoms with Crippen LogP contribution in [-0.2, 0) is 16.6 Å². The summed E-state index contributed by atoms with van der Waals surface area (Å²) in [6.45, 7) is 11.0. The van der Waals surface area contributed by atoms with E-state index in [1.54, 1.807) is 12.1 Å². The largest absolute Gasteiger partial charge is 0.465 e. The number of H-pyrrole nitrogens is 4. The molecule has 4 N–H and O–H groups in total. The Hall–Kier alpha value is -9.85. The van der Waals surface area contributed by atoms with Crippen LogP contribution in [0.5, 0.6) is 0 Å². The molecule has 4 aliphatic heterocycles. The van der Waals surface area contributed by atoms with Gasteiger partial charge in [-0.1, -0.05) is 67.6 Å². The molecule has 0 aliphatic carbocycles. The Morgan fingerprint density at radius 1 is 0.494 bits per heavy atom. The zero-order chi connectivity index (χ0) is 52.5. The van der Waals surface area contributed by atoms with Crippen LogP contribution in [-0.4, -0.2) is 53.0 Å². The van der Waals surface area contributed by atoms with Crippen molar-refractivity contribution in [1.82, 2.24) is 39.9 Å². The third kappa shape index (κ3) is 8.98. The number of hydrogen-bond acceptors (Lipinski definition) is 6. The Labute approximate surface area is 445 Å². The first-order valence-electron chi connectivity index (χ1n) is 25.8. The van der Waals surface area contributed by atoms with Gasteiger partial charge < -0.3 is 24.7 Å². The van der Waals surface area contributed by atoms with E-state index in [1.165, 1.54) is 29.4 Å². The van der Waals surface area contributed by atoms with Crippen molar-refractivity contribution >= 4 is 86.6 Å². The summed E-state index contributed by atoms with van der Waals surface area (Å²) in [6.07, 6.45) is 13.2. The van der Waals surface area contributed by atoms with Crippen molar-refractivity contribution in [3.05, 3.63) is 212 Å². The van der Waals surface area contributed by atoms with E-state index in [2.05, 4.69) is 194 Å². The minimum atomic E-state index is -0.398. The van der Waals surface area contributed by atoms with Gasteiger partial charge in [-0.05, 0) is 182 Å². The molecule has 3 aromatic carbocycles. The van der Waals surface area contributed by atoms with Gasteiger partial charge in [-0.3, -0.25) is 4.98 Å². The molecule has 0 atom stereocenters. The number of aromatic nitrogens is 8. The Balaban J connectivity index is 0.939. The zero-order valence-corrected chi connectivity index (χ0v) is 43.5. The summed E-state index contributed by atoms with van der Waals surface area (Å²) in [5, 5.41) is 0. The van der Waals surface area contributed by atoms with Gasteiger partial charge in [0.1, 0.15) is 0 Å². The van der Waals surface area contributed by atoms with Crippen LogP contribution in [0.3, 0.4) is 0 Å². The van der Waals surface area contributed by atoms with Crippen LogP contribution in [0.4, 0.5) is 0 Å². The number of aromatic amines is 4. The fraction of sp³-hybridized carbons (Fsp3) is 0.119. The van der Waals surface area contributed by atoms with Crippen LogP contribution in [0.15, 0.2) is 133 Å². The molecule has 13 rings (SSSR count). The zero-order valence-electron chi connectivity index (χ0n) is 43.5. The van der Waals surface area contributed by atoms with Gasteiger partial charge in [0.25, 0.3) is 0 Å². The van der Waals surface area contributed by atoms with Gasteiger partial charge in [0.2, 0.25) is 0 Å². The number of ether oxygens (including phenoxy) is 1. The van der Waals surface area contributed by atoms with Crippen molar-refractivity contribution in [3.8, 4) is 45.2 Å². The van der Waals surface area contributed by atoms with Crippen molar-refractivity contribution in [2.75, 3.05) is 7.11 Å². The molecule has 372 valence electrons. The molecule has 16 bridgehead atoms. The minimum absolute atomic E-state index is 0.194. The van der Waals surface area contributed by atoms with E-state index >= 15 is 0 Å². The van der Waals surface area contributed by atoms with Gasteiger partial charge in [0.05, 0.1) is 57.9 Å². The highest BCUT2D eigenvalue weighted by molar-refractivity contribution is 5.96. The third-order valence-electron chi connectivity index (χ3n) is 14.7. The number of benzene rings is 3. The summed E-state index contributed by atoms with van der Waals surface area (Å²) >= 11 is 0. The van der Waals surface area contributed by atoms with Crippen molar-refractivity contribution in [1.29, 1.82) is 0 Å². The number of nitrogens with zero attached hydrogens (tertiary/aromatic N) is 4. The van der Waals surface area contributed by atoms with E-state index in [1.807, 2.05) is 30.4 Å². The van der Waals surface area contributed by atoms with Crippen LogP contribution in [0, 0.1) is 32.6 Å². The molecule has 10 heterocycles. The highest BCUT2D eigenvalue weighted by Gasteiger charge is 2.28. The van der Waals surface area contributed by atoms with Gasteiger partial charge >= 0.3 is 5.97 Å². The molecule has 0 saturated carbocycles. The van der Waals surface area contributed by atoms with Crippen LogP contribution < -0.4 is 0 Å². The SMILES string of the molecule is COC(=O)c1ccc(-c2c3nc(cc4ccc(cc5nc(cc6[nH]c2cc6C#Cc2ccc(-c6c7nc(cc8ccc([nH]8)c(-c8c(C)cc(C)cc8C)c8nc(cc9ccc6[nH]9)C=C8)C=C7)cc2)CC5(C)C)[nH]4)C=C3)cc1. The van der Waals surface area contributed by atoms with Crippen LogP contribution in [0.2, 0.25) is 0 Å². The summed E-state index contributed by atoms with van der Waals surface area (Å²) < 4.78 is 5.03. The van der Waals surface area contributed by atoms with Crippen LogP contribution >= 0.6 is 0 Å². The standard InChI is InChI=1S/C67H52N8O2/c1-38-29-39(2)62(40(3)30-38)65-57-27-22-50(72-57)33-48-19-24-54(69-48)63(55-25-20-49(70-55)34-51-23-28-58(65)73-51)42-10-7-41(8-11-42)9-12-45-31-60-64(43-13-15-44(16-14-43)66(76)77-6)56-26-21-47(71-56)32-46-17-18-52(68-46)36-61-67(4,5)37-53(74-61)35-59(45)75-60/h7-8,10-11,13-36,68-69,73,75H,37H2,1-6H3. The monoisotopic (exact) mass is 1000 g/mol. The lowest BCUT2D eigenvalue weighted by molar-refractivity contribution is 0.0600. The second-order valence-electron chi connectivity index (χ2n) is 20.9. The maximum atomic E-state index is 12.5. The second kappa shape index (κ2) is 18.5. The number of esters is 1. The van der Waals surface area contributed by atoms with Crippen molar-refractivity contribution in [2.45, 2.75) is 46.5 Å². The Kier molecular flexibility index (Phi) is 11.3. The first-order chi connectivity index (χ1) is 37.4. The summed E-state index contributed by atoms with van der Waals surface area (Å²) in [5.74, 6) is 6.66. The summed E-state index contributed by atoms with van der Waals surface area (Å²) in [7, 11) is 1.39. The Morgan fingerprint density at radius 3 is 1.61 bits per heavy atom. The van der Waals surface area contributed by atoms with Gasteiger partial charge in [-0.25, -0.2) is 19.7 Å². The highest BCUT2D eigenvalue weighted by Crippen LogP contribution is 2.38. The quantitative estimate of drug-likeness (QED) is 0.102. The molecular formula is C67H52N8O2. The van der Waals surface area contributed by atoms with E-state index in [9.17, 15) is 4.79 Å². The molecule has 77 heavy (non-hydrogen) atoms. The number of methoxy groups -OCH3 is 1. The topological polar surface area (TPSA) is 141 Å². The number of fused-ring (bicyclic) bond motifs is 16. The summed E-state index contributed by atoms with van der Waals surface area (Å²) in [6, 6.07) is 45.5. The molecule has 4 aliphatic rings. The molecule has 0 spiro atoms. The van der Waals surface area contributed by atoms with E-state index in [0.717, 1.165) is 135 Å². The molecule has 0 radical (unpaired) electrons. The summed E-state index contributed by atoms with van der Waals surface area (Å²) in [4.78, 5) is 48.0. The predicted molar refractivity (Wildman–Crippen MR) is 313 cm³/mol. The Bertz CT molecular complexity index is 4460. The first kappa shape index (κ1) is 46.9. The fourth-order valence-electron chi connectivity index (χ4n) is 11.1. The number of aryl methyl sites for hydroxylation is 3. The number of hydrogen-bond donors (Lipinski definition) is 4. The average Bonchev–Trinajstić information content (AvgIpc) is 4.29. The lowest BCUT2D eigenvalue weighted by Crippen LogP contribution is -2.14. The van der Waals surface area contributed by atoms with E-state index in [-0.39, 0.29) is 5.41 Å². The molecule has 0 unspecified atom stereocenters. The van der Waals surface area contributed by atoms with Crippen molar-refractivity contribution in [3.63, 3.8) is 0 Å². The first-order valence-corrected chi connectivity index (χ1v) is 25.8. The Morgan fingerprint density at radius 2 is 1.01 bits per heavy atom. The van der Waals surface area contributed by atoms with Crippen molar-refractivity contribution < 1.29 is 9.53 Å². The van der Waals surface area contributed by atoms with E-state index < -0.39 is 5.97 Å². The van der Waals surface area contributed by atoms with Gasteiger partial charge in [0, 0.05) is 84.1 Å². The maximum absolute atomic E-state index is 12.5. The molecule has 0 amide bonds. The van der Waals surface area contributed by atoms with Crippen molar-refractivity contribution in [2.24, 2.45) is 0 Å². The van der Waals surface area contributed by atoms with Crippen LogP contribution in [0.25, 0.3) is 114 Å². The lowest BCUT2D eigenvalue weighted by Gasteiger charge is -2.15. The molecule has 0 saturated heterocycles. The average molecular weight is 1000 g/mol. The summed E-state index contributed by atoms with van der Waals surface area (Å²) in [5.41, 5.74) is 26.0. The molecule has 10 nitrogen and oxygen atoms in total. The van der Waals surface area contributed by atoms with E-state index in [0.29, 0.717) is 5.56 Å². The predicted octanol–water partition coefficient (Wildman–Crippen LogP) is 15.1.